The fourth-order valence-corrected chi connectivity index (χ4v) is 12.6. The first-order chi connectivity index (χ1) is 37.4. The van der Waals surface area contributed by atoms with E-state index in [2.05, 4.69) is 258 Å². The molecular weight excluding hydrogens is 941 g/mol. The van der Waals surface area contributed by atoms with Crippen LogP contribution >= 0.6 is 0 Å². The molecule has 0 aliphatic rings. The van der Waals surface area contributed by atoms with Gasteiger partial charge < -0.3 is 23.1 Å². The van der Waals surface area contributed by atoms with Gasteiger partial charge in [-0.1, -0.05) is 175 Å². The molecule has 0 atom stereocenters. The number of hydrogen-bond acceptors (Lipinski definition) is 5. The summed E-state index contributed by atoms with van der Waals surface area (Å²) in [4.78, 5) is 4.81. The van der Waals surface area contributed by atoms with E-state index in [9.17, 15) is 0 Å². The maximum atomic E-state index is 6.96. The van der Waals surface area contributed by atoms with Gasteiger partial charge in [0.1, 0.15) is 22.3 Å². The first kappa shape index (κ1) is 45.1. The summed E-state index contributed by atoms with van der Waals surface area (Å²) in [6.07, 6.45) is 0. The van der Waals surface area contributed by atoms with Crippen LogP contribution in [0, 0.1) is 0 Å². The third-order valence-electron chi connectivity index (χ3n) is 15.9. The molecule has 3 heterocycles. The molecule has 77 heavy (non-hydrogen) atoms. The second-order valence-electron chi connectivity index (χ2n) is 22.9. The van der Waals surface area contributed by atoms with Crippen LogP contribution in [0.25, 0.3) is 109 Å². The summed E-state index contributed by atoms with van der Waals surface area (Å²) in [5, 5.41) is 15.9. The van der Waals surface area contributed by atoms with Crippen LogP contribution in [-0.4, -0.2) is 0 Å². The van der Waals surface area contributed by atoms with Crippen LogP contribution in [0.2, 0.25) is 0 Å². The SMILES string of the molecule is CC(C)(C)c1c(N(c2ccc3cc4c(cc3c2)oc2cc3cc(N(c5ccc6ccccc6c5C(C)(C)C)c5cccc6c5oc5ccccc56)ccc3cc24)c2cccc3c2oc2ccccc23)ccc2ccccc12. The van der Waals surface area contributed by atoms with E-state index in [-0.39, 0.29) is 10.8 Å². The zero-order chi connectivity index (χ0) is 51.9. The van der Waals surface area contributed by atoms with E-state index in [1.54, 1.807) is 0 Å². The van der Waals surface area contributed by atoms with Gasteiger partial charge in [0.2, 0.25) is 0 Å². The first-order valence-corrected chi connectivity index (χ1v) is 26.7. The number of fused-ring (bicyclic) bond motifs is 13. The van der Waals surface area contributed by atoms with Gasteiger partial charge in [-0.2, -0.15) is 0 Å². The van der Waals surface area contributed by atoms with Gasteiger partial charge in [0, 0.05) is 43.7 Å². The van der Waals surface area contributed by atoms with Crippen LogP contribution in [0.15, 0.2) is 232 Å². The highest BCUT2D eigenvalue weighted by atomic mass is 16.3. The lowest BCUT2D eigenvalue weighted by molar-refractivity contribution is 0.596. The number of anilines is 6. The molecule has 5 nitrogen and oxygen atoms in total. The summed E-state index contributed by atoms with van der Waals surface area (Å²) in [7, 11) is 0. The van der Waals surface area contributed by atoms with Crippen molar-refractivity contribution in [2.24, 2.45) is 0 Å². The fourth-order valence-electron chi connectivity index (χ4n) is 12.6. The molecular formula is C72H54N2O3. The van der Waals surface area contributed by atoms with Crippen LogP contribution in [0.5, 0.6) is 0 Å². The highest BCUT2D eigenvalue weighted by Gasteiger charge is 2.30. The van der Waals surface area contributed by atoms with Crippen molar-refractivity contribution in [3.63, 3.8) is 0 Å². The zero-order valence-corrected chi connectivity index (χ0v) is 43.9. The van der Waals surface area contributed by atoms with Crippen LogP contribution in [-0.2, 0) is 10.8 Å². The predicted molar refractivity (Wildman–Crippen MR) is 325 cm³/mol. The van der Waals surface area contributed by atoms with E-state index < -0.39 is 0 Å². The molecule has 0 amide bonds. The summed E-state index contributed by atoms with van der Waals surface area (Å²) >= 11 is 0. The highest BCUT2D eigenvalue weighted by Crippen LogP contribution is 2.51. The first-order valence-electron chi connectivity index (χ1n) is 26.7. The minimum absolute atomic E-state index is 0.190. The lowest BCUT2D eigenvalue weighted by Crippen LogP contribution is -2.19. The molecule has 0 aliphatic carbocycles. The Bertz CT molecular complexity index is 4610. The molecule has 15 rings (SSSR count). The number of benzene rings is 12. The van der Waals surface area contributed by atoms with E-state index in [1.165, 1.54) is 32.7 Å². The van der Waals surface area contributed by atoms with Crippen molar-refractivity contribution >= 4 is 143 Å². The van der Waals surface area contributed by atoms with Crippen molar-refractivity contribution in [1.82, 2.24) is 0 Å². The Morgan fingerprint density at radius 2 is 0.649 bits per heavy atom. The van der Waals surface area contributed by atoms with Crippen LogP contribution < -0.4 is 9.80 Å². The third kappa shape index (κ3) is 7.07. The van der Waals surface area contributed by atoms with Gasteiger partial charge >= 0.3 is 0 Å². The standard InChI is InChI=1S/C72H54N2O3/c1-71(2,3)67-51-19-9-7-17-43(51)31-35-59(67)73(61-25-15-23-55-53-21-11-13-27-63(53)76-69(55)61)49-33-29-45-39-57-58-40-46-30-34-50(38-48(46)42-66(58)75-65(57)41-47(45)37-49)74(60-36-32-44-18-8-10-20-52(44)68(60)72(4,5)6)62-26-16-24-56-54-22-12-14-28-64(54)77-70(56)62/h7-42H,1-6H3. The number of furan rings is 3. The average Bonchev–Trinajstić information content (AvgIpc) is 4.13. The van der Waals surface area contributed by atoms with Gasteiger partial charge in [-0.3, -0.25) is 0 Å². The van der Waals surface area contributed by atoms with E-state index in [0.29, 0.717) is 0 Å². The topological polar surface area (TPSA) is 45.9 Å². The zero-order valence-electron chi connectivity index (χ0n) is 43.9. The number of rotatable bonds is 6. The molecule has 12 aromatic carbocycles. The van der Waals surface area contributed by atoms with Gasteiger partial charge in [-0.15, -0.1) is 0 Å². The number of para-hydroxylation sites is 4. The Morgan fingerprint density at radius 3 is 1.09 bits per heavy atom. The molecule has 0 bridgehead atoms. The molecule has 0 aliphatic heterocycles. The van der Waals surface area contributed by atoms with Crippen LogP contribution in [0.4, 0.5) is 34.1 Å². The van der Waals surface area contributed by atoms with Crippen LogP contribution in [0.1, 0.15) is 52.7 Å². The van der Waals surface area contributed by atoms with Crippen molar-refractivity contribution < 1.29 is 13.3 Å². The molecule has 0 spiro atoms. The van der Waals surface area contributed by atoms with E-state index in [1.807, 2.05) is 12.1 Å². The molecule has 0 saturated heterocycles. The van der Waals surface area contributed by atoms with Gasteiger partial charge in [0.05, 0.1) is 22.7 Å². The maximum absolute atomic E-state index is 6.96. The molecule has 0 saturated carbocycles. The predicted octanol–water partition coefficient (Wildman–Crippen LogP) is 21.5. The van der Waals surface area contributed by atoms with Gasteiger partial charge in [0.15, 0.2) is 11.2 Å². The molecule has 0 fully saturated rings. The van der Waals surface area contributed by atoms with Gasteiger partial charge in [-0.05, 0) is 150 Å². The minimum Gasteiger partial charge on any atom is -0.456 e. The van der Waals surface area contributed by atoms with Crippen LogP contribution in [0.3, 0.4) is 0 Å². The Hall–Kier alpha value is -9.32. The number of hydrogen-bond donors (Lipinski definition) is 0. The summed E-state index contributed by atoms with van der Waals surface area (Å²) < 4.78 is 20.5. The van der Waals surface area contributed by atoms with Crippen molar-refractivity contribution in [2.75, 3.05) is 9.80 Å². The van der Waals surface area contributed by atoms with Gasteiger partial charge in [0.25, 0.3) is 0 Å². The smallest absolute Gasteiger partial charge is 0.159 e. The second-order valence-corrected chi connectivity index (χ2v) is 22.9. The quantitative estimate of drug-likeness (QED) is 0.166. The summed E-state index contributed by atoms with van der Waals surface area (Å²) in [5.74, 6) is 0. The van der Waals surface area contributed by atoms with E-state index >= 15 is 0 Å². The summed E-state index contributed by atoms with van der Waals surface area (Å²) in [6.45, 7) is 13.9. The Morgan fingerprint density at radius 1 is 0.260 bits per heavy atom. The lowest BCUT2D eigenvalue weighted by Gasteiger charge is -2.33. The normalized spacial score (nSPS) is 12.5. The minimum atomic E-state index is -0.190. The Labute approximate surface area is 445 Å². The van der Waals surface area contributed by atoms with Crippen molar-refractivity contribution in [3.8, 4) is 0 Å². The van der Waals surface area contributed by atoms with Crippen molar-refractivity contribution in [1.29, 1.82) is 0 Å². The van der Waals surface area contributed by atoms with Gasteiger partial charge in [-0.25, -0.2) is 0 Å². The third-order valence-corrected chi connectivity index (χ3v) is 15.9. The lowest BCUT2D eigenvalue weighted by atomic mass is 9.81. The molecule has 15 aromatic rings. The Balaban J connectivity index is 0.907. The second kappa shape index (κ2) is 16.6. The Kier molecular flexibility index (Phi) is 9.72. The molecule has 0 N–H and O–H groups in total. The summed E-state index contributed by atoms with van der Waals surface area (Å²) in [5.41, 5.74) is 13.6. The largest absolute Gasteiger partial charge is 0.456 e. The molecule has 5 heteroatoms. The fraction of sp³-hybridized carbons (Fsp3) is 0.111. The monoisotopic (exact) mass is 994 g/mol. The molecule has 370 valence electrons. The van der Waals surface area contributed by atoms with Crippen molar-refractivity contribution in [3.05, 3.63) is 230 Å². The summed E-state index contributed by atoms with van der Waals surface area (Å²) in [6, 6.07) is 79.0. The molecule has 0 radical (unpaired) electrons. The van der Waals surface area contributed by atoms with E-state index in [4.69, 9.17) is 13.3 Å². The molecule has 0 unspecified atom stereocenters. The van der Waals surface area contributed by atoms with E-state index in [0.717, 1.165) is 121 Å². The number of nitrogens with zero attached hydrogens (tertiary/aromatic N) is 2. The van der Waals surface area contributed by atoms with Crippen molar-refractivity contribution in [2.45, 2.75) is 52.4 Å². The highest BCUT2D eigenvalue weighted by molar-refractivity contribution is 6.16. The maximum Gasteiger partial charge on any atom is 0.159 e. The average molecular weight is 995 g/mol. The molecule has 3 aromatic heterocycles.